The molecule has 1 amide bonds. The average molecular weight is 262 g/mol. The molecule has 3 N–H and O–H groups in total. The Bertz CT molecular complexity index is 534. The van der Waals surface area contributed by atoms with Gasteiger partial charge >= 0.3 is 0 Å². The molecule has 0 aliphatic heterocycles. The van der Waals surface area contributed by atoms with Gasteiger partial charge in [0.15, 0.2) is 0 Å². The molecule has 0 spiro atoms. The largest absolute Gasteiger partial charge is 0.399 e. The van der Waals surface area contributed by atoms with Gasteiger partial charge in [-0.1, -0.05) is 0 Å². The number of nitrogens with zero attached hydrogens (tertiary/aromatic N) is 2. The number of hydrogen-bond acceptors (Lipinski definition) is 3. The van der Waals surface area contributed by atoms with E-state index in [4.69, 9.17) is 5.73 Å². The number of anilines is 1. The van der Waals surface area contributed by atoms with E-state index >= 15 is 0 Å². The smallest absolute Gasteiger partial charge is 0.251 e. The first-order valence-corrected chi connectivity index (χ1v) is 5.97. The molecule has 5 nitrogen and oxygen atoms in total. The van der Waals surface area contributed by atoms with Crippen molar-refractivity contribution < 1.29 is 9.18 Å². The second-order valence-corrected chi connectivity index (χ2v) is 4.15. The third-order valence-corrected chi connectivity index (χ3v) is 2.59. The van der Waals surface area contributed by atoms with E-state index in [1.54, 1.807) is 10.9 Å². The van der Waals surface area contributed by atoms with Crippen LogP contribution in [-0.4, -0.2) is 22.2 Å². The van der Waals surface area contributed by atoms with Crippen LogP contribution in [0.5, 0.6) is 0 Å². The van der Waals surface area contributed by atoms with Crippen molar-refractivity contribution in [3.63, 3.8) is 0 Å². The van der Waals surface area contributed by atoms with Crippen molar-refractivity contribution >= 4 is 11.6 Å². The van der Waals surface area contributed by atoms with E-state index in [0.717, 1.165) is 13.0 Å². The predicted octanol–water partition coefficient (Wildman–Crippen LogP) is 1.42. The van der Waals surface area contributed by atoms with Crippen molar-refractivity contribution in [2.75, 3.05) is 12.3 Å². The van der Waals surface area contributed by atoms with Gasteiger partial charge in [0.25, 0.3) is 5.91 Å². The maximum absolute atomic E-state index is 13.1. The van der Waals surface area contributed by atoms with E-state index in [0.29, 0.717) is 6.54 Å². The number of carbonyl (C=O) groups is 1. The van der Waals surface area contributed by atoms with Crippen molar-refractivity contribution in [1.82, 2.24) is 15.1 Å². The molecule has 0 saturated carbocycles. The summed E-state index contributed by atoms with van der Waals surface area (Å²) in [6.45, 7) is 1.22. The lowest BCUT2D eigenvalue weighted by Crippen LogP contribution is -2.25. The lowest BCUT2D eigenvalue weighted by atomic mass is 10.2. The number of nitrogens with one attached hydrogen (secondary N) is 1. The third kappa shape index (κ3) is 3.80. The number of benzene rings is 1. The highest BCUT2D eigenvalue weighted by Gasteiger charge is 2.07. The number of hydrogen-bond donors (Lipinski definition) is 2. The Labute approximate surface area is 110 Å². The van der Waals surface area contributed by atoms with E-state index in [2.05, 4.69) is 10.4 Å². The van der Waals surface area contributed by atoms with E-state index < -0.39 is 5.82 Å². The first-order chi connectivity index (χ1) is 9.15. The fourth-order valence-electron chi connectivity index (χ4n) is 1.72. The Morgan fingerprint density at radius 3 is 2.95 bits per heavy atom. The number of halogens is 1. The van der Waals surface area contributed by atoms with Crippen LogP contribution in [0.25, 0.3) is 0 Å². The summed E-state index contributed by atoms with van der Waals surface area (Å²) in [7, 11) is 0. The monoisotopic (exact) mass is 262 g/mol. The maximum Gasteiger partial charge on any atom is 0.251 e. The molecule has 6 heteroatoms. The van der Waals surface area contributed by atoms with Gasteiger partial charge < -0.3 is 11.1 Å². The number of nitrogen functional groups attached to an aromatic ring is 1. The summed E-state index contributed by atoms with van der Waals surface area (Å²) in [5.41, 5.74) is 5.96. The fraction of sp³-hybridized carbons (Fsp3) is 0.231. The number of nitrogens with two attached hydrogens (primary N) is 1. The molecule has 0 atom stereocenters. The van der Waals surface area contributed by atoms with Crippen LogP contribution in [0.3, 0.4) is 0 Å². The molecule has 19 heavy (non-hydrogen) atoms. The summed E-state index contributed by atoms with van der Waals surface area (Å²) in [6, 6.07) is 5.63. The zero-order valence-corrected chi connectivity index (χ0v) is 10.3. The molecule has 0 aliphatic carbocycles. The van der Waals surface area contributed by atoms with Crippen LogP contribution in [0.15, 0.2) is 36.7 Å². The number of amides is 1. The summed E-state index contributed by atoms with van der Waals surface area (Å²) >= 11 is 0. The van der Waals surface area contributed by atoms with Gasteiger partial charge in [0.2, 0.25) is 0 Å². The normalized spacial score (nSPS) is 10.4. The summed E-state index contributed by atoms with van der Waals surface area (Å²) in [6.07, 6.45) is 4.31. The number of rotatable bonds is 5. The standard InChI is InChI=1S/C13H15FN4O/c14-11-7-10(8-12(15)9-11)13(19)16-3-1-5-18-6-2-4-17-18/h2,4,6-9H,1,3,5,15H2,(H,16,19). The quantitative estimate of drug-likeness (QED) is 0.632. The summed E-state index contributed by atoms with van der Waals surface area (Å²) < 4.78 is 14.9. The van der Waals surface area contributed by atoms with Gasteiger partial charge in [0.1, 0.15) is 5.82 Å². The van der Waals surface area contributed by atoms with Crippen LogP contribution in [-0.2, 0) is 6.54 Å². The zero-order chi connectivity index (χ0) is 13.7. The van der Waals surface area contributed by atoms with Crippen molar-refractivity contribution in [3.8, 4) is 0 Å². The molecule has 0 bridgehead atoms. The minimum Gasteiger partial charge on any atom is -0.399 e. The first-order valence-electron chi connectivity index (χ1n) is 5.97. The van der Waals surface area contributed by atoms with Crippen LogP contribution >= 0.6 is 0 Å². The van der Waals surface area contributed by atoms with Gasteiger partial charge in [-0.3, -0.25) is 9.48 Å². The van der Waals surface area contributed by atoms with Crippen molar-refractivity contribution in [2.45, 2.75) is 13.0 Å². The molecule has 0 saturated heterocycles. The second-order valence-electron chi connectivity index (χ2n) is 4.15. The van der Waals surface area contributed by atoms with Gasteiger partial charge in [-0.25, -0.2) is 4.39 Å². The summed E-state index contributed by atoms with van der Waals surface area (Å²) in [4.78, 5) is 11.8. The van der Waals surface area contributed by atoms with Crippen molar-refractivity contribution in [2.24, 2.45) is 0 Å². The van der Waals surface area contributed by atoms with E-state index in [1.165, 1.54) is 18.2 Å². The van der Waals surface area contributed by atoms with E-state index in [1.807, 2.05) is 12.3 Å². The van der Waals surface area contributed by atoms with Crippen LogP contribution in [0.2, 0.25) is 0 Å². The highest BCUT2D eigenvalue weighted by atomic mass is 19.1. The molecule has 2 aromatic rings. The topological polar surface area (TPSA) is 72.9 Å². The summed E-state index contributed by atoms with van der Waals surface area (Å²) in [5, 5.41) is 6.77. The lowest BCUT2D eigenvalue weighted by Gasteiger charge is -2.06. The minimum atomic E-state index is -0.512. The van der Waals surface area contributed by atoms with Crippen molar-refractivity contribution in [1.29, 1.82) is 0 Å². The van der Waals surface area contributed by atoms with Crippen LogP contribution < -0.4 is 11.1 Å². The minimum absolute atomic E-state index is 0.233. The Balaban J connectivity index is 1.80. The molecule has 1 aromatic carbocycles. The van der Waals surface area contributed by atoms with Gasteiger partial charge in [-0.15, -0.1) is 0 Å². The molecule has 2 rings (SSSR count). The third-order valence-electron chi connectivity index (χ3n) is 2.59. The molecule has 0 aliphatic rings. The second kappa shape index (κ2) is 5.99. The van der Waals surface area contributed by atoms with Crippen LogP contribution in [0, 0.1) is 5.82 Å². The number of aromatic nitrogens is 2. The maximum atomic E-state index is 13.1. The molecule has 100 valence electrons. The van der Waals surface area contributed by atoms with Crippen LogP contribution in [0.4, 0.5) is 10.1 Å². The van der Waals surface area contributed by atoms with Crippen LogP contribution in [0.1, 0.15) is 16.8 Å². The Morgan fingerprint density at radius 1 is 1.42 bits per heavy atom. The molecule has 1 heterocycles. The molecular formula is C13H15FN4O. The zero-order valence-electron chi connectivity index (χ0n) is 10.3. The Hall–Kier alpha value is -2.37. The number of aryl methyl sites for hydroxylation is 1. The summed E-state index contributed by atoms with van der Waals surface area (Å²) in [5.74, 6) is -0.839. The molecule has 0 unspecified atom stereocenters. The Kier molecular flexibility index (Phi) is 4.12. The molecular weight excluding hydrogens is 247 g/mol. The van der Waals surface area contributed by atoms with Gasteiger partial charge in [0.05, 0.1) is 0 Å². The first kappa shape index (κ1) is 13.1. The highest BCUT2D eigenvalue weighted by molar-refractivity contribution is 5.95. The predicted molar refractivity (Wildman–Crippen MR) is 70.0 cm³/mol. The molecule has 1 aromatic heterocycles. The average Bonchev–Trinajstić information content (AvgIpc) is 2.86. The number of carbonyl (C=O) groups excluding carboxylic acids is 1. The van der Waals surface area contributed by atoms with E-state index in [9.17, 15) is 9.18 Å². The van der Waals surface area contributed by atoms with Gasteiger partial charge in [-0.2, -0.15) is 5.10 Å². The molecule has 0 radical (unpaired) electrons. The highest BCUT2D eigenvalue weighted by Crippen LogP contribution is 2.10. The van der Waals surface area contributed by atoms with Gasteiger partial charge in [0, 0.05) is 36.7 Å². The molecule has 0 fully saturated rings. The Morgan fingerprint density at radius 2 is 2.26 bits per heavy atom. The van der Waals surface area contributed by atoms with Gasteiger partial charge in [-0.05, 0) is 30.7 Å². The SMILES string of the molecule is Nc1cc(F)cc(C(=O)NCCCn2cccn2)c1. The van der Waals surface area contributed by atoms with Crippen molar-refractivity contribution in [3.05, 3.63) is 48.0 Å². The fourth-order valence-corrected chi connectivity index (χ4v) is 1.72. The lowest BCUT2D eigenvalue weighted by molar-refractivity contribution is 0.0952. The van der Waals surface area contributed by atoms with E-state index in [-0.39, 0.29) is 17.2 Å².